The highest BCUT2D eigenvalue weighted by Gasteiger charge is 2.50. The standard InChI is InChI=1S/C23H21Cl2NO4/c1-13-2-8-17-18(10-13)23(29)26(22(17)28)19-12-16(25)7-9-20(19)30-21(27)11-14-3-5-15(24)6-4-14/h3-7,9,12-13,17-18H,2,8,10-11H2,1H3. The summed E-state index contributed by atoms with van der Waals surface area (Å²) >= 11 is 12.0. The number of hydrogen-bond acceptors (Lipinski definition) is 4. The Hall–Kier alpha value is -2.37. The first-order valence-electron chi connectivity index (χ1n) is 9.96. The van der Waals surface area contributed by atoms with Gasteiger partial charge in [0, 0.05) is 10.0 Å². The molecular weight excluding hydrogens is 425 g/mol. The van der Waals surface area contributed by atoms with E-state index in [9.17, 15) is 14.4 Å². The molecule has 2 fully saturated rings. The predicted octanol–water partition coefficient (Wildman–Crippen LogP) is 5.07. The maximum absolute atomic E-state index is 13.1. The van der Waals surface area contributed by atoms with Crippen molar-refractivity contribution in [2.45, 2.75) is 32.6 Å². The van der Waals surface area contributed by atoms with Crippen LogP contribution in [0.4, 0.5) is 5.69 Å². The van der Waals surface area contributed by atoms with Gasteiger partial charge in [0.2, 0.25) is 11.8 Å². The molecule has 3 unspecified atom stereocenters. The molecule has 2 aromatic rings. The molecule has 5 nitrogen and oxygen atoms in total. The van der Waals surface area contributed by atoms with Gasteiger partial charge in [0.15, 0.2) is 5.75 Å². The number of benzene rings is 2. The average Bonchev–Trinajstić information content (AvgIpc) is 2.95. The van der Waals surface area contributed by atoms with Crippen molar-refractivity contribution in [3.63, 3.8) is 0 Å². The lowest BCUT2D eigenvalue weighted by Crippen LogP contribution is -2.31. The van der Waals surface area contributed by atoms with E-state index in [0.717, 1.165) is 16.9 Å². The quantitative estimate of drug-likeness (QED) is 0.374. The van der Waals surface area contributed by atoms with Gasteiger partial charge in [0.05, 0.1) is 23.9 Å². The number of halogens is 2. The van der Waals surface area contributed by atoms with Gasteiger partial charge >= 0.3 is 5.97 Å². The fourth-order valence-electron chi connectivity index (χ4n) is 4.31. The van der Waals surface area contributed by atoms with Crippen molar-refractivity contribution in [3.8, 4) is 5.75 Å². The predicted molar refractivity (Wildman–Crippen MR) is 115 cm³/mol. The Morgan fingerprint density at radius 2 is 1.67 bits per heavy atom. The number of esters is 1. The van der Waals surface area contributed by atoms with Gasteiger partial charge in [-0.05, 0) is 61.1 Å². The second-order valence-corrected chi connectivity index (χ2v) is 8.91. The van der Waals surface area contributed by atoms with Gasteiger partial charge in [0.1, 0.15) is 0 Å². The number of hydrogen-bond donors (Lipinski definition) is 0. The summed E-state index contributed by atoms with van der Waals surface area (Å²) in [6.07, 6.45) is 2.34. The lowest BCUT2D eigenvalue weighted by molar-refractivity contribution is -0.133. The Balaban J connectivity index is 1.59. The van der Waals surface area contributed by atoms with Crippen LogP contribution in [0.5, 0.6) is 5.75 Å². The number of carbonyl (C=O) groups excluding carboxylic acids is 3. The lowest BCUT2D eigenvalue weighted by Gasteiger charge is -2.25. The molecule has 7 heteroatoms. The topological polar surface area (TPSA) is 63.7 Å². The summed E-state index contributed by atoms with van der Waals surface area (Å²) in [5.41, 5.74) is 0.970. The fraction of sp³-hybridized carbons (Fsp3) is 0.348. The van der Waals surface area contributed by atoms with Crippen LogP contribution in [0, 0.1) is 17.8 Å². The van der Waals surface area contributed by atoms with Crippen LogP contribution in [-0.4, -0.2) is 17.8 Å². The number of ether oxygens (including phenoxy) is 1. The van der Waals surface area contributed by atoms with Crippen LogP contribution in [0.1, 0.15) is 31.7 Å². The second kappa shape index (κ2) is 8.40. The molecule has 1 aliphatic carbocycles. The summed E-state index contributed by atoms with van der Waals surface area (Å²) in [5, 5.41) is 0.931. The highest BCUT2D eigenvalue weighted by molar-refractivity contribution is 6.31. The summed E-state index contributed by atoms with van der Waals surface area (Å²) < 4.78 is 5.54. The van der Waals surface area contributed by atoms with Crippen LogP contribution < -0.4 is 9.64 Å². The highest BCUT2D eigenvalue weighted by Crippen LogP contribution is 2.44. The van der Waals surface area contributed by atoms with E-state index >= 15 is 0 Å². The van der Waals surface area contributed by atoms with Gasteiger partial charge in [-0.2, -0.15) is 0 Å². The number of carbonyl (C=O) groups is 3. The molecule has 3 atom stereocenters. The van der Waals surface area contributed by atoms with Crippen LogP contribution in [0.3, 0.4) is 0 Å². The number of fused-ring (bicyclic) bond motifs is 1. The van der Waals surface area contributed by atoms with E-state index in [1.165, 1.54) is 12.1 Å². The van der Waals surface area contributed by atoms with Crippen molar-refractivity contribution >= 4 is 46.7 Å². The zero-order valence-corrected chi connectivity index (χ0v) is 17.9. The molecule has 1 saturated heterocycles. The molecule has 0 spiro atoms. The van der Waals surface area contributed by atoms with E-state index in [2.05, 4.69) is 6.92 Å². The zero-order chi connectivity index (χ0) is 21.4. The molecule has 0 N–H and O–H groups in total. The minimum absolute atomic E-state index is 0.0316. The fourth-order valence-corrected chi connectivity index (χ4v) is 4.60. The minimum atomic E-state index is -0.508. The molecule has 4 rings (SSSR count). The smallest absolute Gasteiger partial charge is 0.315 e. The molecule has 2 aliphatic rings. The van der Waals surface area contributed by atoms with Crippen molar-refractivity contribution in [2.75, 3.05) is 4.90 Å². The third-order valence-electron chi connectivity index (χ3n) is 5.84. The monoisotopic (exact) mass is 445 g/mol. The Kier molecular flexibility index (Phi) is 5.85. The number of amides is 2. The van der Waals surface area contributed by atoms with E-state index in [1.807, 2.05) is 0 Å². The number of rotatable bonds is 4. The summed E-state index contributed by atoms with van der Waals surface area (Å²) in [6, 6.07) is 11.5. The third kappa shape index (κ3) is 4.09. The molecule has 0 aromatic heterocycles. The van der Waals surface area contributed by atoms with Gasteiger partial charge in [0.25, 0.3) is 0 Å². The average molecular weight is 446 g/mol. The number of imide groups is 1. The third-order valence-corrected chi connectivity index (χ3v) is 6.32. The SMILES string of the molecule is CC1CCC2C(=O)N(c3cc(Cl)ccc3OC(=O)Cc3ccc(Cl)cc3)C(=O)C2C1. The Labute approximate surface area is 184 Å². The molecule has 2 amide bonds. The molecule has 1 saturated carbocycles. The van der Waals surface area contributed by atoms with Crippen LogP contribution in [-0.2, 0) is 20.8 Å². The molecule has 0 bridgehead atoms. The first-order chi connectivity index (χ1) is 14.3. The van der Waals surface area contributed by atoms with Gasteiger partial charge in [-0.25, -0.2) is 4.90 Å². The number of anilines is 1. The molecule has 30 heavy (non-hydrogen) atoms. The summed E-state index contributed by atoms with van der Waals surface area (Å²) in [4.78, 5) is 39.8. The molecular formula is C23H21Cl2NO4. The Morgan fingerprint density at radius 3 is 2.40 bits per heavy atom. The van der Waals surface area contributed by atoms with Crippen molar-refractivity contribution in [1.82, 2.24) is 0 Å². The van der Waals surface area contributed by atoms with Crippen LogP contribution in [0.2, 0.25) is 10.0 Å². The minimum Gasteiger partial charge on any atom is -0.424 e. The first-order valence-corrected chi connectivity index (χ1v) is 10.7. The van der Waals surface area contributed by atoms with E-state index in [0.29, 0.717) is 28.8 Å². The van der Waals surface area contributed by atoms with Crippen LogP contribution >= 0.6 is 23.2 Å². The molecule has 0 radical (unpaired) electrons. The second-order valence-electron chi connectivity index (χ2n) is 8.03. The largest absolute Gasteiger partial charge is 0.424 e. The van der Waals surface area contributed by atoms with Gasteiger partial charge in [-0.15, -0.1) is 0 Å². The lowest BCUT2D eigenvalue weighted by atomic mass is 9.76. The summed E-state index contributed by atoms with van der Waals surface area (Å²) in [6.45, 7) is 2.10. The maximum Gasteiger partial charge on any atom is 0.315 e. The van der Waals surface area contributed by atoms with Crippen LogP contribution in [0.15, 0.2) is 42.5 Å². The van der Waals surface area contributed by atoms with E-state index < -0.39 is 5.97 Å². The summed E-state index contributed by atoms with van der Waals surface area (Å²) in [7, 11) is 0. The van der Waals surface area contributed by atoms with Crippen molar-refractivity contribution in [3.05, 3.63) is 58.1 Å². The van der Waals surface area contributed by atoms with Crippen molar-refractivity contribution < 1.29 is 19.1 Å². The summed E-state index contributed by atoms with van der Waals surface area (Å²) in [5.74, 6) is -1.08. The van der Waals surface area contributed by atoms with E-state index in [-0.39, 0.29) is 41.5 Å². The first kappa shape index (κ1) is 20.9. The van der Waals surface area contributed by atoms with Crippen LogP contribution in [0.25, 0.3) is 0 Å². The Morgan fingerprint density at radius 1 is 1.00 bits per heavy atom. The molecule has 1 heterocycles. The van der Waals surface area contributed by atoms with Gasteiger partial charge in [-0.1, -0.05) is 42.3 Å². The zero-order valence-electron chi connectivity index (χ0n) is 16.4. The molecule has 1 aliphatic heterocycles. The van der Waals surface area contributed by atoms with Gasteiger partial charge < -0.3 is 4.74 Å². The van der Waals surface area contributed by atoms with E-state index in [4.69, 9.17) is 27.9 Å². The molecule has 156 valence electrons. The van der Waals surface area contributed by atoms with Crippen molar-refractivity contribution in [2.24, 2.45) is 17.8 Å². The normalized spacial score (nSPS) is 23.4. The highest BCUT2D eigenvalue weighted by atomic mass is 35.5. The number of nitrogens with zero attached hydrogens (tertiary/aromatic N) is 1. The van der Waals surface area contributed by atoms with Crippen molar-refractivity contribution in [1.29, 1.82) is 0 Å². The van der Waals surface area contributed by atoms with Gasteiger partial charge in [-0.3, -0.25) is 14.4 Å². The maximum atomic E-state index is 13.1. The van der Waals surface area contributed by atoms with E-state index in [1.54, 1.807) is 30.3 Å². The molecule has 2 aromatic carbocycles. The Bertz CT molecular complexity index is 1000.